The summed E-state index contributed by atoms with van der Waals surface area (Å²) in [6.45, 7) is 0. The molecule has 0 aliphatic heterocycles. The predicted octanol–water partition coefficient (Wildman–Crippen LogP) is 13.4. The lowest BCUT2D eigenvalue weighted by Crippen LogP contribution is -2.11. The van der Waals surface area contributed by atoms with Gasteiger partial charge in [-0.25, -0.2) is 0 Å². The molecule has 0 radical (unpaired) electrons. The minimum absolute atomic E-state index is 1.11. The van der Waals surface area contributed by atoms with E-state index in [4.69, 9.17) is 0 Å². The van der Waals surface area contributed by atoms with E-state index < -0.39 is 0 Å². The Morgan fingerprint density at radius 3 is 1.84 bits per heavy atom. The first-order valence-corrected chi connectivity index (χ1v) is 17.5. The first-order chi connectivity index (χ1) is 24.3. The predicted molar refractivity (Wildman–Crippen MR) is 211 cm³/mol. The van der Waals surface area contributed by atoms with Crippen LogP contribution >= 0.6 is 11.3 Å². The fourth-order valence-corrected chi connectivity index (χ4v) is 8.81. The van der Waals surface area contributed by atoms with Gasteiger partial charge in [-0.05, 0) is 71.1 Å². The fraction of sp³-hybridized carbons (Fsp3) is 0. The van der Waals surface area contributed by atoms with Gasteiger partial charge < -0.3 is 9.47 Å². The second-order valence-corrected chi connectivity index (χ2v) is 13.6. The lowest BCUT2D eigenvalue weighted by molar-refractivity contribution is 1.17. The molecule has 0 amide bonds. The molecular formula is C46H30N2S. The van der Waals surface area contributed by atoms with Gasteiger partial charge in [0.2, 0.25) is 0 Å². The van der Waals surface area contributed by atoms with E-state index in [0.717, 1.165) is 22.7 Å². The van der Waals surface area contributed by atoms with Crippen molar-refractivity contribution in [2.45, 2.75) is 0 Å². The molecule has 0 saturated carbocycles. The van der Waals surface area contributed by atoms with Gasteiger partial charge in [0.05, 0.1) is 16.7 Å². The SMILES string of the molecule is c1cc(N(c2ccc(-c3cccc4c3sc3ccccc34)cc2)c2cccc3ccccc23)cc(-n2c3ccccc3c3ccccc32)c1. The molecule has 49 heavy (non-hydrogen) atoms. The Balaban J connectivity index is 1.15. The second-order valence-electron chi connectivity index (χ2n) is 12.6. The van der Waals surface area contributed by atoms with Crippen LogP contribution in [0, 0.1) is 0 Å². The lowest BCUT2D eigenvalue weighted by atomic mass is 10.0. The highest BCUT2D eigenvalue weighted by Crippen LogP contribution is 2.43. The maximum absolute atomic E-state index is 2.41. The lowest BCUT2D eigenvalue weighted by Gasteiger charge is -2.27. The Morgan fingerprint density at radius 2 is 1.04 bits per heavy atom. The third kappa shape index (κ3) is 4.47. The van der Waals surface area contributed by atoms with Gasteiger partial charge in [0.15, 0.2) is 0 Å². The number of hydrogen-bond donors (Lipinski definition) is 0. The molecule has 0 saturated heterocycles. The van der Waals surface area contributed by atoms with Crippen LogP contribution in [-0.4, -0.2) is 4.57 Å². The summed E-state index contributed by atoms with van der Waals surface area (Å²) in [6, 6.07) is 66.1. The van der Waals surface area contributed by atoms with Crippen molar-refractivity contribution in [1.82, 2.24) is 4.57 Å². The molecule has 0 aliphatic carbocycles. The second kappa shape index (κ2) is 11.2. The zero-order valence-corrected chi connectivity index (χ0v) is 27.4. The van der Waals surface area contributed by atoms with Crippen LogP contribution < -0.4 is 4.90 Å². The fourth-order valence-electron chi connectivity index (χ4n) is 7.57. The van der Waals surface area contributed by atoms with Gasteiger partial charge in [0.1, 0.15) is 0 Å². The standard InChI is InChI=1S/C46H30N2S/c1-2-16-36-31(12-1)13-9-24-42(36)47(33-28-26-32(27-29-33)37-20-11-21-41-40-19-5-8-25-45(40)49-46(37)41)34-14-10-15-35(30-34)48-43-22-6-3-17-38(43)39-18-4-7-23-44(39)48/h1-30H. The summed E-state index contributed by atoms with van der Waals surface area (Å²) in [5.74, 6) is 0. The molecule has 0 fully saturated rings. The molecule has 8 aromatic carbocycles. The van der Waals surface area contributed by atoms with Crippen LogP contribution in [0.25, 0.3) is 69.6 Å². The molecule has 2 heterocycles. The Kier molecular flexibility index (Phi) is 6.39. The maximum atomic E-state index is 2.41. The zero-order chi connectivity index (χ0) is 32.3. The van der Waals surface area contributed by atoms with Gasteiger partial charge in [-0.15, -0.1) is 11.3 Å². The topological polar surface area (TPSA) is 8.17 Å². The highest BCUT2D eigenvalue weighted by Gasteiger charge is 2.18. The highest BCUT2D eigenvalue weighted by molar-refractivity contribution is 7.26. The first kappa shape index (κ1) is 27.9. The van der Waals surface area contributed by atoms with E-state index >= 15 is 0 Å². The molecular weight excluding hydrogens is 613 g/mol. The Bertz CT molecular complexity index is 2780. The summed E-state index contributed by atoms with van der Waals surface area (Å²) < 4.78 is 5.05. The van der Waals surface area contributed by atoms with Crippen molar-refractivity contribution >= 4 is 81.1 Å². The summed E-state index contributed by atoms with van der Waals surface area (Å²) in [6.07, 6.45) is 0. The van der Waals surface area contributed by atoms with Gasteiger partial charge >= 0.3 is 0 Å². The van der Waals surface area contributed by atoms with Crippen LogP contribution in [0.5, 0.6) is 0 Å². The van der Waals surface area contributed by atoms with Crippen LogP contribution in [0.1, 0.15) is 0 Å². The minimum atomic E-state index is 1.11. The van der Waals surface area contributed by atoms with Gasteiger partial charge in [-0.2, -0.15) is 0 Å². The molecule has 3 heteroatoms. The molecule has 0 spiro atoms. The number of rotatable bonds is 5. The summed E-state index contributed by atoms with van der Waals surface area (Å²) >= 11 is 1.88. The van der Waals surface area contributed by atoms with Crippen LogP contribution in [0.2, 0.25) is 0 Å². The molecule has 230 valence electrons. The molecule has 2 nitrogen and oxygen atoms in total. The molecule has 0 atom stereocenters. The third-order valence-corrected chi connectivity index (χ3v) is 11.0. The molecule has 0 N–H and O–H groups in total. The molecule has 0 bridgehead atoms. The van der Waals surface area contributed by atoms with E-state index in [2.05, 4.69) is 191 Å². The number of benzene rings is 8. The van der Waals surface area contributed by atoms with E-state index in [1.54, 1.807) is 0 Å². The number of aromatic nitrogens is 1. The van der Waals surface area contributed by atoms with E-state index in [1.807, 2.05) is 11.3 Å². The summed E-state index contributed by atoms with van der Waals surface area (Å²) in [4.78, 5) is 2.41. The van der Waals surface area contributed by atoms with Gasteiger partial charge in [0.25, 0.3) is 0 Å². The van der Waals surface area contributed by atoms with Crippen LogP contribution in [-0.2, 0) is 0 Å². The molecule has 2 aromatic heterocycles. The average molecular weight is 643 g/mol. The third-order valence-electron chi connectivity index (χ3n) is 9.77. The van der Waals surface area contributed by atoms with Gasteiger partial charge in [0, 0.05) is 53.4 Å². The minimum Gasteiger partial charge on any atom is -0.310 e. The zero-order valence-electron chi connectivity index (χ0n) is 26.6. The molecule has 10 rings (SSSR count). The normalized spacial score (nSPS) is 11.7. The van der Waals surface area contributed by atoms with Gasteiger partial charge in [-0.1, -0.05) is 127 Å². The number of para-hydroxylation sites is 2. The van der Waals surface area contributed by atoms with Crippen molar-refractivity contribution in [2.75, 3.05) is 4.90 Å². The largest absolute Gasteiger partial charge is 0.310 e. The Labute approximate surface area is 288 Å². The number of hydrogen-bond acceptors (Lipinski definition) is 2. The van der Waals surface area contributed by atoms with E-state index in [9.17, 15) is 0 Å². The number of fused-ring (bicyclic) bond motifs is 7. The van der Waals surface area contributed by atoms with Crippen LogP contribution in [0.4, 0.5) is 17.1 Å². The van der Waals surface area contributed by atoms with Crippen LogP contribution in [0.3, 0.4) is 0 Å². The number of nitrogens with zero attached hydrogens (tertiary/aromatic N) is 2. The molecule has 0 aliphatic rings. The number of anilines is 3. The molecule has 0 unspecified atom stereocenters. The Morgan fingerprint density at radius 1 is 0.429 bits per heavy atom. The maximum Gasteiger partial charge on any atom is 0.0541 e. The molecule has 10 aromatic rings. The van der Waals surface area contributed by atoms with Crippen molar-refractivity contribution in [2.24, 2.45) is 0 Å². The van der Waals surface area contributed by atoms with Crippen molar-refractivity contribution in [3.63, 3.8) is 0 Å². The van der Waals surface area contributed by atoms with Gasteiger partial charge in [-0.3, -0.25) is 0 Å². The van der Waals surface area contributed by atoms with Crippen molar-refractivity contribution in [3.8, 4) is 16.8 Å². The summed E-state index contributed by atoms with van der Waals surface area (Å²) in [7, 11) is 0. The number of thiophene rings is 1. The van der Waals surface area contributed by atoms with Crippen molar-refractivity contribution < 1.29 is 0 Å². The first-order valence-electron chi connectivity index (χ1n) is 16.7. The van der Waals surface area contributed by atoms with E-state index in [-0.39, 0.29) is 0 Å². The summed E-state index contributed by atoms with van der Waals surface area (Å²) in [5.41, 5.74) is 9.41. The monoisotopic (exact) mass is 642 g/mol. The quantitative estimate of drug-likeness (QED) is 0.181. The van der Waals surface area contributed by atoms with Crippen molar-refractivity contribution in [3.05, 3.63) is 182 Å². The average Bonchev–Trinajstić information content (AvgIpc) is 3.72. The highest BCUT2D eigenvalue weighted by atomic mass is 32.1. The van der Waals surface area contributed by atoms with Crippen LogP contribution in [0.15, 0.2) is 182 Å². The van der Waals surface area contributed by atoms with E-state index in [0.29, 0.717) is 0 Å². The smallest absolute Gasteiger partial charge is 0.0541 e. The summed E-state index contributed by atoms with van der Waals surface area (Å²) in [5, 5.41) is 7.60. The van der Waals surface area contributed by atoms with Crippen molar-refractivity contribution in [1.29, 1.82) is 0 Å². The Hall–Kier alpha value is -6.16. The van der Waals surface area contributed by atoms with E-state index in [1.165, 1.54) is 63.9 Å².